The Balaban J connectivity index is 1.11. The van der Waals surface area contributed by atoms with Crippen LogP contribution in [0.1, 0.15) is 28.3 Å². The van der Waals surface area contributed by atoms with Gasteiger partial charge in [-0.1, -0.05) is 45.0 Å². The van der Waals surface area contributed by atoms with Crippen molar-refractivity contribution in [1.29, 1.82) is 0 Å². The second-order valence-electron chi connectivity index (χ2n) is 12.9. The number of aromatic amines is 1. The van der Waals surface area contributed by atoms with Crippen LogP contribution in [0.4, 0.5) is 11.4 Å². The first-order chi connectivity index (χ1) is 23.4. The number of ether oxygens (including phenoxy) is 1. The second-order valence-corrected chi connectivity index (χ2v) is 17.6. The number of fused-ring (bicyclic) bond motifs is 9. The number of nitrogens with two attached hydrogens (primary N) is 1. The summed E-state index contributed by atoms with van der Waals surface area (Å²) in [6.45, 7) is 1.62. The number of nitrogens with zero attached hydrogens (tertiary/aromatic N) is 1. The van der Waals surface area contributed by atoms with Crippen LogP contribution in [0.15, 0.2) is 85.9 Å². The Labute approximate surface area is 297 Å². The van der Waals surface area contributed by atoms with Crippen LogP contribution < -0.4 is 25.0 Å². The Morgan fingerprint density at radius 1 is 1.02 bits per heavy atom. The number of imide groups is 1. The maximum Gasteiger partial charge on any atom is 0.305 e. The Bertz CT molecular complexity index is 2200. The summed E-state index contributed by atoms with van der Waals surface area (Å²) >= 11 is 6.35. The van der Waals surface area contributed by atoms with E-state index in [1.54, 1.807) is 17.8 Å². The molecule has 8 rings (SSSR count). The molecule has 0 radical (unpaired) electrons. The van der Waals surface area contributed by atoms with E-state index < -0.39 is 27.8 Å². The van der Waals surface area contributed by atoms with Crippen LogP contribution in [0.5, 0.6) is 5.75 Å². The van der Waals surface area contributed by atoms with Crippen molar-refractivity contribution in [3.63, 3.8) is 0 Å². The molecule has 4 aromatic rings. The third-order valence-corrected chi connectivity index (χ3v) is 14.2. The summed E-state index contributed by atoms with van der Waals surface area (Å²) in [6, 6.07) is 18.5. The van der Waals surface area contributed by atoms with E-state index in [2.05, 4.69) is 26.2 Å². The maximum absolute atomic E-state index is 14.1. The number of sulfonamides is 1. The molecule has 3 heterocycles. The summed E-state index contributed by atoms with van der Waals surface area (Å²) in [5, 5.41) is 8.63. The van der Waals surface area contributed by atoms with Gasteiger partial charge in [-0.15, -0.1) is 11.8 Å². The lowest BCUT2D eigenvalue weighted by Gasteiger charge is -2.43. The number of carbonyl (C=O) groups is 3. The molecule has 1 aromatic heterocycles. The van der Waals surface area contributed by atoms with Gasteiger partial charge in [0.05, 0.1) is 27.4 Å². The number of aryl methyl sites for hydroxylation is 1. The standard InChI is InChI=1S/C34H29BrN4O7S3/c1-15-2-7-18(8-3-15)39-32(41)27-21-13-22(28(27)33(39)42)29-26(21)25(30-31(47-29)38-34(43)48-30)20-12-16(35)4-11-23(20)46-14-24(40)37-17-5-9-19(10-6-17)49(36,44)45/h2-12,21-22,25-29H,13-14H2,1H3,(H,37,40)(H,38,43)(H2,36,44,45)/t21?,22?,25-,26?,27?,28?,29?/m1/s1. The second kappa shape index (κ2) is 11.9. The number of amides is 3. The van der Waals surface area contributed by atoms with E-state index >= 15 is 0 Å². The van der Waals surface area contributed by atoms with Gasteiger partial charge < -0.3 is 15.0 Å². The van der Waals surface area contributed by atoms with E-state index in [4.69, 9.17) is 9.88 Å². The van der Waals surface area contributed by atoms with Gasteiger partial charge >= 0.3 is 4.87 Å². The number of primary sulfonamides is 1. The van der Waals surface area contributed by atoms with Crippen molar-refractivity contribution in [3.8, 4) is 5.75 Å². The molecule has 6 unspecified atom stereocenters. The van der Waals surface area contributed by atoms with Gasteiger partial charge in [-0.25, -0.2) is 13.6 Å². The zero-order chi connectivity index (χ0) is 34.4. The van der Waals surface area contributed by atoms with E-state index in [0.717, 1.165) is 43.3 Å². The van der Waals surface area contributed by atoms with Crippen molar-refractivity contribution in [2.45, 2.75) is 34.4 Å². The minimum atomic E-state index is -3.87. The van der Waals surface area contributed by atoms with Crippen molar-refractivity contribution in [1.82, 2.24) is 4.98 Å². The Morgan fingerprint density at radius 3 is 2.41 bits per heavy atom. The van der Waals surface area contributed by atoms with Gasteiger partial charge in [-0.05, 0) is 85.7 Å². The maximum atomic E-state index is 14.1. The molecule has 4 N–H and O–H groups in total. The van der Waals surface area contributed by atoms with Crippen molar-refractivity contribution < 1.29 is 27.5 Å². The molecular weight excluding hydrogens is 752 g/mol. The van der Waals surface area contributed by atoms with E-state index in [-0.39, 0.29) is 57.1 Å². The molecule has 0 spiro atoms. The number of rotatable bonds is 7. The van der Waals surface area contributed by atoms with Crippen LogP contribution in [0.3, 0.4) is 0 Å². The molecular formula is C34H29BrN4O7S3. The fraction of sp³-hybridized carbons (Fsp3) is 0.294. The Kier molecular flexibility index (Phi) is 7.90. The van der Waals surface area contributed by atoms with E-state index in [1.165, 1.54) is 29.2 Å². The molecule has 2 aliphatic carbocycles. The average Bonchev–Trinajstić information content (AvgIpc) is 3.79. The largest absolute Gasteiger partial charge is 0.483 e. The van der Waals surface area contributed by atoms with Crippen LogP contribution in [0.2, 0.25) is 0 Å². The van der Waals surface area contributed by atoms with Crippen LogP contribution in [-0.2, 0) is 24.4 Å². The molecule has 252 valence electrons. The van der Waals surface area contributed by atoms with E-state index in [1.807, 2.05) is 43.3 Å². The lowest BCUT2D eigenvalue weighted by atomic mass is 9.68. The first-order valence-corrected chi connectivity index (χ1v) is 19.6. The third-order valence-electron chi connectivity index (χ3n) is 10.1. The lowest BCUT2D eigenvalue weighted by Crippen LogP contribution is -2.42. The highest BCUT2D eigenvalue weighted by Gasteiger charge is 2.69. The molecule has 15 heteroatoms. The van der Waals surface area contributed by atoms with Crippen molar-refractivity contribution in [2.24, 2.45) is 34.7 Å². The first-order valence-electron chi connectivity index (χ1n) is 15.6. The average molecular weight is 782 g/mol. The van der Waals surface area contributed by atoms with Gasteiger partial charge in [-0.2, -0.15) is 0 Å². The number of aromatic nitrogens is 1. The fourth-order valence-electron chi connectivity index (χ4n) is 8.28. The Morgan fingerprint density at radius 2 is 1.71 bits per heavy atom. The molecule has 1 saturated heterocycles. The molecule has 2 bridgehead atoms. The lowest BCUT2D eigenvalue weighted by molar-refractivity contribution is -0.123. The summed E-state index contributed by atoms with van der Waals surface area (Å²) in [7, 11) is -3.87. The number of benzene rings is 3. The van der Waals surface area contributed by atoms with Crippen molar-refractivity contribution in [3.05, 3.63) is 96.9 Å². The monoisotopic (exact) mass is 780 g/mol. The molecule has 2 aliphatic heterocycles. The molecule has 11 nitrogen and oxygen atoms in total. The minimum Gasteiger partial charge on any atom is -0.483 e. The van der Waals surface area contributed by atoms with Gasteiger partial charge in [-0.3, -0.25) is 24.1 Å². The van der Waals surface area contributed by atoms with Crippen LogP contribution in [-0.4, -0.2) is 43.0 Å². The summed E-state index contributed by atoms with van der Waals surface area (Å²) in [6.07, 6.45) is 0.739. The summed E-state index contributed by atoms with van der Waals surface area (Å²) in [5.74, 6) is -1.71. The quantitative estimate of drug-likeness (QED) is 0.224. The van der Waals surface area contributed by atoms with Crippen molar-refractivity contribution >= 4 is 78.1 Å². The van der Waals surface area contributed by atoms with Gasteiger partial charge in [0.25, 0.3) is 5.91 Å². The predicted octanol–water partition coefficient (Wildman–Crippen LogP) is 4.85. The summed E-state index contributed by atoms with van der Waals surface area (Å²) in [4.78, 5) is 58.7. The highest BCUT2D eigenvalue weighted by atomic mass is 79.9. The number of hydrogen-bond acceptors (Lipinski definition) is 9. The summed E-state index contributed by atoms with van der Waals surface area (Å²) in [5.41, 5.74) is 2.78. The topological polar surface area (TPSA) is 169 Å². The van der Waals surface area contributed by atoms with Crippen LogP contribution >= 0.6 is 39.0 Å². The molecule has 2 saturated carbocycles. The van der Waals surface area contributed by atoms with Crippen LogP contribution in [0.25, 0.3) is 0 Å². The number of carbonyl (C=O) groups excluding carboxylic acids is 3. The van der Waals surface area contributed by atoms with Gasteiger partial charge in [0.15, 0.2) is 6.61 Å². The molecule has 49 heavy (non-hydrogen) atoms. The number of nitrogens with one attached hydrogen (secondary N) is 2. The van der Waals surface area contributed by atoms with E-state index in [9.17, 15) is 27.6 Å². The number of halogens is 1. The van der Waals surface area contributed by atoms with Gasteiger partial charge in [0.2, 0.25) is 21.8 Å². The van der Waals surface area contributed by atoms with Crippen LogP contribution in [0, 0.1) is 36.5 Å². The van der Waals surface area contributed by atoms with E-state index in [0.29, 0.717) is 17.1 Å². The third kappa shape index (κ3) is 5.46. The van der Waals surface area contributed by atoms with Gasteiger partial charge in [0.1, 0.15) is 5.75 Å². The number of thiazole rings is 1. The number of anilines is 2. The Hall–Kier alpha value is -3.76. The zero-order valence-corrected chi connectivity index (χ0v) is 29.8. The highest BCUT2D eigenvalue weighted by Crippen LogP contribution is 2.69. The zero-order valence-electron chi connectivity index (χ0n) is 25.8. The van der Waals surface area contributed by atoms with Crippen molar-refractivity contribution in [2.75, 3.05) is 16.8 Å². The molecule has 3 amide bonds. The molecule has 4 aliphatic rings. The predicted molar refractivity (Wildman–Crippen MR) is 188 cm³/mol. The first kappa shape index (κ1) is 32.4. The normalized spacial score (nSPS) is 26.8. The molecule has 3 aromatic carbocycles. The number of hydrogen-bond donors (Lipinski definition) is 3. The molecule has 3 fully saturated rings. The smallest absolute Gasteiger partial charge is 0.305 e. The molecule has 7 atom stereocenters. The fourth-order valence-corrected chi connectivity index (χ4v) is 12.0. The summed E-state index contributed by atoms with van der Waals surface area (Å²) < 4.78 is 30.1. The number of thioether (sulfide) groups is 1. The highest BCUT2D eigenvalue weighted by molar-refractivity contribution is 9.10. The van der Waals surface area contributed by atoms with Gasteiger partial charge in [0, 0.05) is 31.8 Å². The minimum absolute atomic E-state index is 0.0147. The SMILES string of the molecule is Cc1ccc(N2C(=O)C3C4CC(C3C2=O)C2C4Sc3[nH]c(=O)sc3[C@@H]2c2cc(Br)ccc2OCC(=O)Nc2ccc(S(N)(=O)=O)cc2)cc1. The number of H-pyrrole nitrogens is 1.